The van der Waals surface area contributed by atoms with E-state index >= 15 is 0 Å². The van der Waals surface area contributed by atoms with Crippen molar-refractivity contribution in [3.05, 3.63) is 223 Å². The number of pyridine rings is 2. The maximum atomic E-state index is 5.43. The van der Waals surface area contributed by atoms with Gasteiger partial charge in [-0.25, -0.2) is 0 Å². The molecule has 6 aromatic carbocycles. The third kappa shape index (κ3) is 11.2. The summed E-state index contributed by atoms with van der Waals surface area (Å²) in [6, 6.07) is 59.4. The van der Waals surface area contributed by atoms with Gasteiger partial charge < -0.3 is 32.3 Å². The maximum Gasteiger partial charge on any atom is 3.00 e. The molecule has 75 heavy (non-hydrogen) atoms. The van der Waals surface area contributed by atoms with Gasteiger partial charge in [0.1, 0.15) is 0 Å². The first-order chi connectivity index (χ1) is 35.5. The quantitative estimate of drug-likeness (QED) is 0.106. The molecule has 0 saturated heterocycles. The van der Waals surface area contributed by atoms with Gasteiger partial charge >= 0.3 is 20.1 Å². The number of ether oxygens (including phenoxy) is 2. The van der Waals surface area contributed by atoms with E-state index in [0.717, 1.165) is 62.3 Å². The van der Waals surface area contributed by atoms with Crippen LogP contribution < -0.4 is 18.6 Å². The largest absolute Gasteiger partial charge is 3.00 e. The molecule has 12 rings (SSSR count). The zero-order valence-corrected chi connectivity index (χ0v) is 48.0. The first-order valence-electron chi connectivity index (χ1n) is 24.8. The minimum absolute atomic E-state index is 0. The van der Waals surface area contributed by atoms with Gasteiger partial charge in [0.25, 0.3) is 0 Å². The number of imidazole rings is 3. The van der Waals surface area contributed by atoms with Crippen molar-refractivity contribution in [3.8, 4) is 56.8 Å². The van der Waals surface area contributed by atoms with Gasteiger partial charge in [0.05, 0.1) is 46.8 Å². The monoisotopic (exact) mass is 1340 g/mol. The van der Waals surface area contributed by atoms with Crippen LogP contribution in [0.25, 0.3) is 67.6 Å². The van der Waals surface area contributed by atoms with E-state index in [0.29, 0.717) is 17.9 Å². The van der Waals surface area contributed by atoms with E-state index in [1.165, 1.54) is 39.1 Å². The van der Waals surface area contributed by atoms with Crippen molar-refractivity contribution in [2.75, 3.05) is 6.79 Å². The van der Waals surface area contributed by atoms with E-state index in [1.807, 2.05) is 88.3 Å². The van der Waals surface area contributed by atoms with Gasteiger partial charge in [0, 0.05) is 43.9 Å². The molecule has 0 unspecified atom stereocenters. The Bertz CT molecular complexity index is 3630. The predicted molar refractivity (Wildman–Crippen MR) is 287 cm³/mol. The summed E-state index contributed by atoms with van der Waals surface area (Å²) in [6.45, 7) is 17.8. The Labute approximate surface area is 467 Å². The second-order valence-electron chi connectivity index (χ2n) is 18.9. The average Bonchev–Trinajstić information content (AvgIpc) is 4.25. The molecule has 1 radical (unpaired) electrons. The number of hydrogen-bond acceptors (Lipinski definition) is 5. The van der Waals surface area contributed by atoms with E-state index in [1.54, 1.807) is 12.3 Å². The zero-order valence-electron chi connectivity index (χ0n) is 43.2. The summed E-state index contributed by atoms with van der Waals surface area (Å²) in [4.78, 5) is 13.7. The summed E-state index contributed by atoms with van der Waals surface area (Å²) in [6.07, 6.45) is 14.3. The van der Waals surface area contributed by atoms with Crippen LogP contribution in [0.5, 0.6) is 11.5 Å². The van der Waals surface area contributed by atoms with Gasteiger partial charge in [-0.05, 0) is 97.2 Å². The van der Waals surface area contributed by atoms with E-state index < -0.39 is 0 Å². The minimum Gasteiger partial charge on any atom is -0.516 e. The number of fused-ring (bicyclic) bond motifs is 3. The molecule has 0 fully saturated rings. The van der Waals surface area contributed by atoms with Crippen LogP contribution in [-0.4, -0.2) is 35.4 Å². The molecule has 0 spiro atoms. The van der Waals surface area contributed by atoms with Crippen molar-refractivity contribution in [1.82, 2.24) is 28.7 Å². The summed E-state index contributed by atoms with van der Waals surface area (Å²) in [5.41, 5.74) is 16.6. The van der Waals surface area contributed by atoms with E-state index in [4.69, 9.17) is 9.47 Å². The molecule has 0 bridgehead atoms. The Hall–Kier alpha value is -7.33. The molecule has 10 nitrogen and oxygen atoms in total. The van der Waals surface area contributed by atoms with Crippen molar-refractivity contribution >= 4 is 22.3 Å². The molecule has 0 N–H and O–H groups in total. The molecule has 1 aliphatic heterocycles. The zero-order chi connectivity index (χ0) is 50.6. The summed E-state index contributed by atoms with van der Waals surface area (Å²) in [5.74, 6) is 3.16. The molecule has 0 atom stereocenters. The Kier molecular flexibility index (Phi) is 17.2. The van der Waals surface area contributed by atoms with Gasteiger partial charge in [0.2, 0.25) is 12.4 Å². The minimum atomic E-state index is 0. The molecule has 12 heteroatoms. The normalized spacial score (nSPS) is 11.5. The van der Waals surface area contributed by atoms with Gasteiger partial charge in [-0.2, -0.15) is 46.4 Å². The molecular weight excluding hydrogens is 1290 g/mol. The van der Waals surface area contributed by atoms with Crippen LogP contribution in [0.1, 0.15) is 81.7 Å². The van der Waals surface area contributed by atoms with Crippen LogP contribution in [0.2, 0.25) is 0 Å². The van der Waals surface area contributed by atoms with Crippen molar-refractivity contribution in [3.63, 3.8) is 0 Å². The van der Waals surface area contributed by atoms with Crippen LogP contribution in [0.4, 0.5) is 0 Å². The number of hydrogen-bond donors (Lipinski definition) is 0. The molecule has 0 amide bonds. The van der Waals surface area contributed by atoms with Crippen molar-refractivity contribution < 1.29 is 58.8 Å². The number of aromatic nitrogens is 8. The fourth-order valence-electron chi connectivity index (χ4n) is 9.29. The Morgan fingerprint density at radius 3 is 1.83 bits per heavy atom. The molecule has 6 heterocycles. The smallest absolute Gasteiger partial charge is 0.516 e. The van der Waals surface area contributed by atoms with Crippen molar-refractivity contribution in [1.29, 1.82) is 0 Å². The predicted octanol–water partition coefficient (Wildman–Crippen LogP) is 13.0. The van der Waals surface area contributed by atoms with Crippen molar-refractivity contribution in [2.45, 2.75) is 73.3 Å². The van der Waals surface area contributed by atoms with Gasteiger partial charge in [-0.15, -0.1) is 48.0 Å². The maximum absolute atomic E-state index is 5.43. The standard InChI is InChI=1S/C27H27N2.C20H16N3.C16H14N3O2.2Ir/c1-19(2)24-17-23(21-11-7-5-8-12-21)18-25(20(3)4)26(24)29-16-15-28-27(29)22-13-9-6-10-14-22;1-15-8-6-9-16(2)19(15)23-14-22(17-10-4-3-5-11-17)20-18(23)12-7-13-21-20;1-11(2)18-9-19(16-13(18)4-3-7-17-16)12-5-6-14-15(8-12)21-10-20-14;;/h5-13,15-20H,1-4H3;3-10,12-13H,1-2H3;3-4,6-8,11H,10H2,1-2H3;;/q3*-1;;+3. The number of benzene rings is 6. The third-order valence-electron chi connectivity index (χ3n) is 12.9. The van der Waals surface area contributed by atoms with Crippen LogP contribution in [0, 0.1) is 44.7 Å². The Balaban J connectivity index is 0.000000149. The number of nitrogens with zero attached hydrogens (tertiary/aromatic N) is 8. The number of para-hydroxylation sites is 2. The van der Waals surface area contributed by atoms with Crippen LogP contribution in [0.15, 0.2) is 170 Å². The van der Waals surface area contributed by atoms with Crippen LogP contribution in [0.3, 0.4) is 0 Å². The first-order valence-corrected chi connectivity index (χ1v) is 24.8. The molecule has 0 aliphatic carbocycles. The Morgan fingerprint density at radius 2 is 1.19 bits per heavy atom. The number of aryl methyl sites for hydroxylation is 2. The molecular formula is C63H57Ir2N8O2. The van der Waals surface area contributed by atoms with E-state index in [9.17, 15) is 0 Å². The SMILES string of the molecule is CC(C)c1cc(-c2ccccc2)cc(C(C)C)c1-n1ccnc1-c1[c-]cccc1.CC(C)n1[c-][n+](-c2[c-]cc3c(c2)OCO3)c2ncccc21.Cc1cccc(C)c1-n1[c-][n+](-c2[c-]cccc2)c2ncccc21.[Ir+3].[Ir]. The topological polar surface area (TPSA) is 79.7 Å². The molecule has 1 aliphatic rings. The molecule has 5 aromatic heterocycles. The average molecular weight is 1340 g/mol. The Morgan fingerprint density at radius 1 is 0.560 bits per heavy atom. The van der Waals surface area contributed by atoms with Gasteiger partial charge in [-0.1, -0.05) is 99.7 Å². The second-order valence-corrected chi connectivity index (χ2v) is 18.9. The number of rotatable bonds is 9. The molecule has 379 valence electrons. The van der Waals surface area contributed by atoms with Gasteiger partial charge in [-0.3, -0.25) is 4.98 Å². The first kappa shape index (κ1) is 53.9. The summed E-state index contributed by atoms with van der Waals surface area (Å²) >= 11 is 0. The van der Waals surface area contributed by atoms with Gasteiger partial charge in [0.15, 0.2) is 18.3 Å². The molecule has 11 aromatic rings. The van der Waals surface area contributed by atoms with Crippen LogP contribution in [-0.2, 0) is 40.2 Å². The third-order valence-corrected chi connectivity index (χ3v) is 12.9. The fourth-order valence-corrected chi connectivity index (χ4v) is 9.29. The molecule has 0 saturated carbocycles. The summed E-state index contributed by atoms with van der Waals surface area (Å²) in [5, 5.41) is 0. The summed E-state index contributed by atoms with van der Waals surface area (Å²) in [7, 11) is 0. The van der Waals surface area contributed by atoms with E-state index in [-0.39, 0.29) is 47.0 Å². The summed E-state index contributed by atoms with van der Waals surface area (Å²) < 4.78 is 21.0. The van der Waals surface area contributed by atoms with E-state index in [2.05, 4.69) is 194 Å². The van der Waals surface area contributed by atoms with Crippen LogP contribution >= 0.6 is 0 Å². The second kappa shape index (κ2) is 23.9. The van der Waals surface area contributed by atoms with Crippen molar-refractivity contribution in [2.24, 2.45) is 0 Å². The fraction of sp³-hybridized carbons (Fsp3) is 0.190.